The first-order chi connectivity index (χ1) is 9.10. The lowest BCUT2D eigenvalue weighted by molar-refractivity contribution is -0.146. The van der Waals surface area contributed by atoms with E-state index in [0.717, 1.165) is 32.3 Å². The van der Waals surface area contributed by atoms with Gasteiger partial charge >= 0.3 is 0 Å². The van der Waals surface area contributed by atoms with E-state index < -0.39 is 0 Å². The van der Waals surface area contributed by atoms with Gasteiger partial charge in [-0.25, -0.2) is 4.39 Å². The fourth-order valence-corrected chi connectivity index (χ4v) is 3.48. The smallest absolute Gasteiger partial charge is 0.129 e. The number of hydrogen-bond acceptors (Lipinski definition) is 2. The first-order valence-corrected chi connectivity index (χ1v) is 7.32. The van der Waals surface area contributed by atoms with Crippen LogP contribution in [0.3, 0.4) is 0 Å². The molecule has 104 valence electrons. The molecule has 1 aliphatic heterocycles. The van der Waals surface area contributed by atoms with E-state index in [9.17, 15) is 4.39 Å². The summed E-state index contributed by atoms with van der Waals surface area (Å²) in [6, 6.07) is 4.50. The summed E-state index contributed by atoms with van der Waals surface area (Å²) in [5, 5.41) is 0.413. The number of nitrogens with two attached hydrogens (primary N) is 1. The molecule has 1 aliphatic carbocycles. The van der Waals surface area contributed by atoms with E-state index >= 15 is 0 Å². The van der Waals surface area contributed by atoms with Crippen LogP contribution in [-0.4, -0.2) is 12.2 Å². The quantitative estimate of drug-likeness (QED) is 0.895. The molecule has 1 saturated carbocycles. The summed E-state index contributed by atoms with van der Waals surface area (Å²) in [6.07, 6.45) is 5.34. The summed E-state index contributed by atoms with van der Waals surface area (Å²) >= 11 is 5.78. The van der Waals surface area contributed by atoms with Crippen molar-refractivity contribution in [2.75, 3.05) is 6.61 Å². The van der Waals surface area contributed by atoms with Gasteiger partial charge in [-0.3, -0.25) is 0 Å². The second kappa shape index (κ2) is 5.04. The van der Waals surface area contributed by atoms with Crippen LogP contribution in [0.2, 0.25) is 5.02 Å². The summed E-state index contributed by atoms with van der Waals surface area (Å²) in [6.45, 7) is 0.744. The molecule has 2 unspecified atom stereocenters. The van der Waals surface area contributed by atoms with Gasteiger partial charge in [0, 0.05) is 23.2 Å². The number of rotatable bonds is 2. The van der Waals surface area contributed by atoms with Crippen LogP contribution >= 0.6 is 11.6 Å². The molecule has 1 aromatic rings. The van der Waals surface area contributed by atoms with E-state index in [4.69, 9.17) is 22.1 Å². The maximum Gasteiger partial charge on any atom is 0.129 e. The first kappa shape index (κ1) is 13.3. The van der Waals surface area contributed by atoms with Crippen LogP contribution in [0.5, 0.6) is 0 Å². The molecule has 2 fully saturated rings. The van der Waals surface area contributed by atoms with Gasteiger partial charge in [-0.15, -0.1) is 0 Å². The zero-order chi connectivity index (χ0) is 13.5. The normalized spacial score (nSPS) is 27.0. The molecule has 19 heavy (non-hydrogen) atoms. The average molecular weight is 284 g/mol. The number of halogens is 2. The standard InChI is InChI=1S/C15H19ClFNO/c16-11-2-3-12(13(17)8-11)14(18)10-4-7-19-15(9-10)5-1-6-15/h2-3,8,10,14H,1,4-7,9,18H2. The molecule has 2 aliphatic rings. The topological polar surface area (TPSA) is 35.2 Å². The van der Waals surface area contributed by atoms with Crippen molar-refractivity contribution in [2.24, 2.45) is 11.7 Å². The summed E-state index contributed by atoms with van der Waals surface area (Å²) < 4.78 is 19.8. The van der Waals surface area contributed by atoms with Crippen molar-refractivity contribution in [1.29, 1.82) is 0 Å². The fourth-order valence-electron chi connectivity index (χ4n) is 3.32. The van der Waals surface area contributed by atoms with Gasteiger partial charge < -0.3 is 10.5 Å². The lowest BCUT2D eigenvalue weighted by Crippen LogP contribution is -2.47. The molecular weight excluding hydrogens is 265 g/mol. The molecule has 3 rings (SSSR count). The van der Waals surface area contributed by atoms with Gasteiger partial charge in [0.15, 0.2) is 0 Å². The van der Waals surface area contributed by atoms with Gasteiger partial charge in [0.2, 0.25) is 0 Å². The third-order valence-electron chi connectivity index (χ3n) is 4.63. The van der Waals surface area contributed by atoms with E-state index in [0.29, 0.717) is 16.5 Å². The highest BCUT2D eigenvalue weighted by Crippen LogP contribution is 2.46. The highest BCUT2D eigenvalue weighted by Gasteiger charge is 2.44. The summed E-state index contributed by atoms with van der Waals surface area (Å²) in [4.78, 5) is 0. The number of ether oxygens (including phenoxy) is 1. The minimum atomic E-state index is -0.297. The molecule has 1 spiro atoms. The molecular formula is C15H19ClFNO. The van der Waals surface area contributed by atoms with Crippen molar-refractivity contribution in [3.8, 4) is 0 Å². The minimum Gasteiger partial charge on any atom is -0.375 e. The highest BCUT2D eigenvalue weighted by atomic mass is 35.5. The van der Waals surface area contributed by atoms with E-state index in [1.165, 1.54) is 12.5 Å². The Hall–Kier alpha value is -0.640. The molecule has 4 heteroatoms. The molecule has 1 aromatic carbocycles. The van der Waals surface area contributed by atoms with Crippen LogP contribution in [0, 0.1) is 11.7 Å². The van der Waals surface area contributed by atoms with Crippen molar-refractivity contribution in [2.45, 2.75) is 43.7 Å². The zero-order valence-corrected chi connectivity index (χ0v) is 11.6. The van der Waals surface area contributed by atoms with Crippen molar-refractivity contribution in [1.82, 2.24) is 0 Å². The van der Waals surface area contributed by atoms with E-state index in [1.54, 1.807) is 12.1 Å². The van der Waals surface area contributed by atoms with Crippen LogP contribution < -0.4 is 5.73 Å². The molecule has 0 radical (unpaired) electrons. The molecule has 0 aromatic heterocycles. The average Bonchev–Trinajstić information content (AvgIpc) is 2.36. The third kappa shape index (κ3) is 2.51. The van der Waals surface area contributed by atoms with Crippen LogP contribution in [0.1, 0.15) is 43.7 Å². The molecule has 2 N–H and O–H groups in total. The van der Waals surface area contributed by atoms with Gasteiger partial charge in [-0.2, -0.15) is 0 Å². The van der Waals surface area contributed by atoms with Gasteiger partial charge in [-0.1, -0.05) is 17.7 Å². The lowest BCUT2D eigenvalue weighted by Gasteiger charge is -2.48. The molecule has 2 atom stereocenters. The predicted octanol–water partition coefficient (Wildman–Crippen LogP) is 3.83. The van der Waals surface area contributed by atoms with Crippen molar-refractivity contribution < 1.29 is 9.13 Å². The second-order valence-electron chi connectivity index (χ2n) is 5.83. The van der Waals surface area contributed by atoms with E-state index in [1.807, 2.05) is 0 Å². The summed E-state index contributed by atoms with van der Waals surface area (Å²) in [5.41, 5.74) is 6.90. The predicted molar refractivity (Wildman–Crippen MR) is 73.6 cm³/mol. The second-order valence-corrected chi connectivity index (χ2v) is 6.27. The molecule has 0 bridgehead atoms. The molecule has 1 heterocycles. The van der Waals surface area contributed by atoms with Gasteiger partial charge in [0.1, 0.15) is 5.82 Å². The zero-order valence-electron chi connectivity index (χ0n) is 10.9. The van der Waals surface area contributed by atoms with Crippen molar-refractivity contribution in [3.05, 3.63) is 34.6 Å². The van der Waals surface area contributed by atoms with Crippen molar-refractivity contribution >= 4 is 11.6 Å². The van der Waals surface area contributed by atoms with Gasteiger partial charge in [0.25, 0.3) is 0 Å². The Morgan fingerprint density at radius 2 is 2.21 bits per heavy atom. The highest BCUT2D eigenvalue weighted by molar-refractivity contribution is 6.30. The SMILES string of the molecule is NC(c1ccc(Cl)cc1F)C1CCOC2(CCC2)C1. The largest absolute Gasteiger partial charge is 0.375 e. The van der Waals surface area contributed by atoms with E-state index in [-0.39, 0.29) is 17.5 Å². The maximum absolute atomic E-state index is 13.9. The Bertz CT molecular complexity index is 475. The van der Waals surface area contributed by atoms with Crippen LogP contribution in [-0.2, 0) is 4.74 Å². The monoisotopic (exact) mass is 283 g/mol. The third-order valence-corrected chi connectivity index (χ3v) is 4.86. The van der Waals surface area contributed by atoms with E-state index in [2.05, 4.69) is 0 Å². The van der Waals surface area contributed by atoms with Gasteiger partial charge in [-0.05, 0) is 50.2 Å². The summed E-state index contributed by atoms with van der Waals surface area (Å²) in [5.74, 6) is -0.00104. The fraction of sp³-hybridized carbons (Fsp3) is 0.600. The van der Waals surface area contributed by atoms with Gasteiger partial charge in [0.05, 0.1) is 5.60 Å². The Morgan fingerprint density at radius 1 is 1.42 bits per heavy atom. The number of benzene rings is 1. The van der Waals surface area contributed by atoms with Crippen molar-refractivity contribution in [3.63, 3.8) is 0 Å². The van der Waals surface area contributed by atoms with Crippen LogP contribution in [0.15, 0.2) is 18.2 Å². The Labute approximate surface area is 118 Å². The maximum atomic E-state index is 13.9. The Morgan fingerprint density at radius 3 is 2.84 bits per heavy atom. The molecule has 0 amide bonds. The van der Waals surface area contributed by atoms with Crippen LogP contribution in [0.25, 0.3) is 0 Å². The first-order valence-electron chi connectivity index (χ1n) is 6.94. The summed E-state index contributed by atoms with van der Waals surface area (Å²) in [7, 11) is 0. The van der Waals surface area contributed by atoms with Crippen LogP contribution in [0.4, 0.5) is 4.39 Å². The molecule has 2 nitrogen and oxygen atoms in total. The Balaban J connectivity index is 1.77. The Kier molecular flexibility index (Phi) is 3.54. The number of hydrogen-bond donors (Lipinski definition) is 1. The lowest BCUT2D eigenvalue weighted by atomic mass is 9.70. The molecule has 1 saturated heterocycles. The minimum absolute atomic E-state index is 0.0451.